The quantitative estimate of drug-likeness (QED) is 0.183. The third kappa shape index (κ3) is 7.73. The normalized spacial score (nSPS) is 11.1. The molecule has 0 radical (unpaired) electrons. The van der Waals surface area contributed by atoms with Crippen LogP contribution < -0.4 is 10.1 Å². The van der Waals surface area contributed by atoms with Crippen molar-refractivity contribution in [1.29, 1.82) is 0 Å². The number of halogens is 2. The molecule has 1 aromatic heterocycles. The number of hydrogen-bond donors (Lipinski definition) is 1. The zero-order valence-electron chi connectivity index (χ0n) is 21.2. The zero-order chi connectivity index (χ0) is 26.0. The van der Waals surface area contributed by atoms with E-state index in [1.165, 1.54) is 0 Å². The summed E-state index contributed by atoms with van der Waals surface area (Å²) >= 11 is 12.3. The minimum atomic E-state index is 0.00544. The van der Waals surface area contributed by atoms with Crippen LogP contribution in [0.1, 0.15) is 42.6 Å². The van der Waals surface area contributed by atoms with Gasteiger partial charge in [-0.25, -0.2) is 4.98 Å². The predicted octanol–water partition coefficient (Wildman–Crippen LogP) is 7.19. The minimum Gasteiger partial charge on any atom is -0.494 e. The number of carbonyl (C=O) groups excluding carboxylic acids is 1. The Labute approximate surface area is 228 Å². The number of aromatic nitrogens is 2. The average Bonchev–Trinajstić information content (AvgIpc) is 3.24. The number of para-hydroxylation sites is 2. The molecule has 7 heteroatoms. The van der Waals surface area contributed by atoms with Crippen molar-refractivity contribution < 1.29 is 9.53 Å². The first-order valence-corrected chi connectivity index (χ1v) is 13.6. The monoisotopic (exact) mass is 537 g/mol. The molecule has 1 heterocycles. The van der Waals surface area contributed by atoms with Crippen molar-refractivity contribution in [2.45, 2.75) is 52.0 Å². The van der Waals surface area contributed by atoms with Crippen molar-refractivity contribution >= 4 is 40.1 Å². The van der Waals surface area contributed by atoms with Crippen LogP contribution in [0, 0.1) is 6.92 Å². The zero-order valence-corrected chi connectivity index (χ0v) is 22.7. The standard InChI is InChI=1S/C30H33Cl2N3O2/c1-22-20-24(15-16-25(22)31)37-19-9-18-35-28-13-7-6-12-27(28)34-29(35)14-3-2-8-17-33-30(36)21-23-10-4-5-11-26(23)32/h4-7,10-13,15-16,20H,2-3,8-9,14,17-19,21H2,1H3,(H,33,36). The second-order valence-electron chi connectivity index (χ2n) is 9.21. The van der Waals surface area contributed by atoms with Gasteiger partial charge in [0.25, 0.3) is 0 Å². The second-order valence-corrected chi connectivity index (χ2v) is 10.0. The van der Waals surface area contributed by atoms with E-state index in [2.05, 4.69) is 28.1 Å². The average molecular weight is 539 g/mol. The van der Waals surface area contributed by atoms with Crippen molar-refractivity contribution in [2.24, 2.45) is 0 Å². The van der Waals surface area contributed by atoms with Crippen LogP contribution in [0.5, 0.6) is 5.75 Å². The highest BCUT2D eigenvalue weighted by Crippen LogP contribution is 2.22. The summed E-state index contributed by atoms with van der Waals surface area (Å²) in [5.74, 6) is 1.95. The van der Waals surface area contributed by atoms with Crippen molar-refractivity contribution in [1.82, 2.24) is 14.9 Å². The summed E-state index contributed by atoms with van der Waals surface area (Å²) in [6.45, 7) is 4.12. The molecule has 0 aliphatic carbocycles. The van der Waals surface area contributed by atoms with E-state index in [1.807, 2.05) is 55.5 Å². The van der Waals surface area contributed by atoms with Gasteiger partial charge >= 0.3 is 0 Å². The highest BCUT2D eigenvalue weighted by Gasteiger charge is 2.11. The van der Waals surface area contributed by atoms with Crippen molar-refractivity contribution in [3.8, 4) is 5.75 Å². The lowest BCUT2D eigenvalue weighted by Crippen LogP contribution is -2.26. The molecule has 37 heavy (non-hydrogen) atoms. The van der Waals surface area contributed by atoms with Crippen LogP contribution in [0.4, 0.5) is 0 Å². The number of hydrogen-bond acceptors (Lipinski definition) is 3. The first-order valence-electron chi connectivity index (χ1n) is 12.8. The Morgan fingerprint density at radius 1 is 0.946 bits per heavy atom. The number of nitrogens with one attached hydrogen (secondary N) is 1. The number of rotatable bonds is 13. The number of imidazole rings is 1. The number of aryl methyl sites for hydroxylation is 3. The third-order valence-corrected chi connectivity index (χ3v) is 7.16. The van der Waals surface area contributed by atoms with Gasteiger partial charge in [0, 0.05) is 29.6 Å². The summed E-state index contributed by atoms with van der Waals surface area (Å²) in [7, 11) is 0. The Balaban J connectivity index is 1.22. The second kappa shape index (κ2) is 13.5. The van der Waals surface area contributed by atoms with Crippen molar-refractivity contribution in [3.05, 3.63) is 93.7 Å². The number of fused-ring (bicyclic) bond motifs is 1. The largest absolute Gasteiger partial charge is 0.494 e. The van der Waals surface area contributed by atoms with Gasteiger partial charge in [-0.05, 0) is 73.7 Å². The molecule has 1 amide bonds. The lowest BCUT2D eigenvalue weighted by Gasteiger charge is -2.11. The molecule has 0 spiro atoms. The summed E-state index contributed by atoms with van der Waals surface area (Å²) in [4.78, 5) is 17.1. The Kier molecular flexibility index (Phi) is 9.86. The predicted molar refractivity (Wildman–Crippen MR) is 152 cm³/mol. The number of amides is 1. The first kappa shape index (κ1) is 27.0. The number of unbranched alkanes of at least 4 members (excludes halogenated alkanes) is 2. The molecule has 0 aliphatic heterocycles. The fraction of sp³-hybridized carbons (Fsp3) is 0.333. The molecule has 4 aromatic rings. The van der Waals surface area contributed by atoms with Gasteiger partial charge in [-0.15, -0.1) is 0 Å². The van der Waals surface area contributed by atoms with E-state index in [0.717, 1.165) is 77.4 Å². The third-order valence-electron chi connectivity index (χ3n) is 6.37. The van der Waals surface area contributed by atoms with Crippen LogP contribution in [0.25, 0.3) is 11.0 Å². The topological polar surface area (TPSA) is 56.1 Å². The summed E-state index contributed by atoms with van der Waals surface area (Å²) in [6, 6.07) is 21.5. The van der Waals surface area contributed by atoms with E-state index in [9.17, 15) is 4.79 Å². The summed E-state index contributed by atoms with van der Waals surface area (Å²) < 4.78 is 8.26. The number of nitrogens with zero attached hydrogens (tertiary/aromatic N) is 2. The summed E-state index contributed by atoms with van der Waals surface area (Å²) in [5.41, 5.74) is 4.06. The van der Waals surface area contributed by atoms with Gasteiger partial charge in [0.05, 0.1) is 24.1 Å². The Bertz CT molecular complexity index is 1340. The van der Waals surface area contributed by atoms with Gasteiger partial charge in [-0.1, -0.05) is 60.0 Å². The van der Waals surface area contributed by atoms with E-state index < -0.39 is 0 Å². The van der Waals surface area contributed by atoms with Gasteiger partial charge < -0.3 is 14.6 Å². The molecule has 4 rings (SSSR count). The molecule has 0 saturated heterocycles. The maximum atomic E-state index is 12.2. The maximum Gasteiger partial charge on any atom is 0.224 e. The molecular weight excluding hydrogens is 505 g/mol. The van der Waals surface area contributed by atoms with Gasteiger partial charge in [-0.2, -0.15) is 0 Å². The molecule has 0 unspecified atom stereocenters. The highest BCUT2D eigenvalue weighted by atomic mass is 35.5. The summed E-state index contributed by atoms with van der Waals surface area (Å²) in [5, 5.41) is 4.39. The molecule has 1 N–H and O–H groups in total. The van der Waals surface area contributed by atoms with Crippen molar-refractivity contribution in [3.63, 3.8) is 0 Å². The van der Waals surface area contributed by atoms with Gasteiger partial charge in [-0.3, -0.25) is 4.79 Å². The van der Waals surface area contributed by atoms with Crippen LogP contribution in [0.3, 0.4) is 0 Å². The fourth-order valence-corrected chi connectivity index (χ4v) is 4.70. The Hall–Kier alpha value is -3.02. The highest BCUT2D eigenvalue weighted by molar-refractivity contribution is 6.31. The van der Waals surface area contributed by atoms with Crippen LogP contribution >= 0.6 is 23.2 Å². The lowest BCUT2D eigenvalue weighted by molar-refractivity contribution is -0.120. The molecular formula is C30H33Cl2N3O2. The van der Waals surface area contributed by atoms with Gasteiger partial charge in [0.15, 0.2) is 0 Å². The van der Waals surface area contributed by atoms with E-state index in [1.54, 1.807) is 0 Å². The van der Waals surface area contributed by atoms with Crippen LogP contribution in [-0.2, 0) is 24.2 Å². The maximum absolute atomic E-state index is 12.2. The number of carbonyl (C=O) groups is 1. The molecule has 0 atom stereocenters. The molecule has 0 fully saturated rings. The van der Waals surface area contributed by atoms with Crippen LogP contribution in [-0.4, -0.2) is 28.6 Å². The van der Waals surface area contributed by atoms with Gasteiger partial charge in [0.2, 0.25) is 5.91 Å². The smallest absolute Gasteiger partial charge is 0.224 e. The van der Waals surface area contributed by atoms with E-state index in [0.29, 0.717) is 24.6 Å². The first-order chi connectivity index (χ1) is 18.0. The van der Waals surface area contributed by atoms with Crippen LogP contribution in [0.2, 0.25) is 10.0 Å². The number of benzene rings is 3. The van der Waals surface area contributed by atoms with E-state index in [4.69, 9.17) is 32.9 Å². The SMILES string of the molecule is Cc1cc(OCCCn2c(CCCCCNC(=O)Cc3ccccc3Cl)nc3ccccc32)ccc1Cl. The Morgan fingerprint density at radius 3 is 2.59 bits per heavy atom. The molecule has 3 aromatic carbocycles. The fourth-order valence-electron chi connectivity index (χ4n) is 4.38. The lowest BCUT2D eigenvalue weighted by atomic mass is 10.1. The van der Waals surface area contributed by atoms with E-state index >= 15 is 0 Å². The molecule has 194 valence electrons. The van der Waals surface area contributed by atoms with Crippen LogP contribution in [0.15, 0.2) is 66.7 Å². The summed E-state index contributed by atoms with van der Waals surface area (Å²) in [6.07, 6.45) is 5.07. The minimum absolute atomic E-state index is 0.00544. The molecule has 0 bridgehead atoms. The molecule has 0 saturated carbocycles. The van der Waals surface area contributed by atoms with E-state index in [-0.39, 0.29) is 5.91 Å². The Morgan fingerprint density at radius 2 is 1.76 bits per heavy atom. The number of ether oxygens (including phenoxy) is 1. The molecule has 5 nitrogen and oxygen atoms in total. The van der Waals surface area contributed by atoms with Crippen molar-refractivity contribution in [2.75, 3.05) is 13.2 Å². The van der Waals surface area contributed by atoms with Gasteiger partial charge in [0.1, 0.15) is 11.6 Å². The molecule has 0 aliphatic rings.